The predicted molar refractivity (Wildman–Crippen MR) is 102 cm³/mol. The van der Waals surface area contributed by atoms with E-state index in [1.165, 1.54) is 0 Å². The molecule has 0 atom stereocenters. The van der Waals surface area contributed by atoms with Crippen molar-refractivity contribution in [3.63, 3.8) is 0 Å². The lowest BCUT2D eigenvalue weighted by molar-refractivity contribution is 0.297. The molecule has 0 amide bonds. The molecule has 2 N–H and O–H groups in total. The Morgan fingerprint density at radius 3 is 2.65 bits per heavy atom. The van der Waals surface area contributed by atoms with E-state index in [1.807, 2.05) is 48.5 Å². The largest absolute Gasteiger partial charge is 0.492 e. The average molecular weight is 355 g/mol. The number of rotatable bonds is 6. The van der Waals surface area contributed by atoms with Gasteiger partial charge in [0, 0.05) is 20.0 Å². The number of ether oxygens (including phenoxy) is 3. The summed E-state index contributed by atoms with van der Waals surface area (Å²) in [5.41, 5.74) is 1.11. The molecule has 0 bridgehead atoms. The molecule has 0 aliphatic carbocycles. The topological polar surface area (TPSA) is 64.1 Å². The van der Waals surface area contributed by atoms with Crippen LogP contribution in [0.4, 0.5) is 0 Å². The van der Waals surface area contributed by atoms with Crippen LogP contribution in [0.15, 0.2) is 53.5 Å². The fourth-order valence-corrected chi connectivity index (χ4v) is 2.58. The lowest BCUT2D eigenvalue weighted by Gasteiger charge is -2.14. The van der Waals surface area contributed by atoms with Crippen LogP contribution in [0.25, 0.3) is 0 Å². The van der Waals surface area contributed by atoms with Gasteiger partial charge in [0.2, 0.25) is 0 Å². The van der Waals surface area contributed by atoms with Crippen molar-refractivity contribution in [1.29, 1.82) is 0 Å². The second-order valence-electron chi connectivity index (χ2n) is 5.85. The van der Waals surface area contributed by atoms with E-state index in [0.717, 1.165) is 35.2 Å². The van der Waals surface area contributed by atoms with Gasteiger partial charge in [-0.25, -0.2) is 0 Å². The first-order chi connectivity index (χ1) is 12.8. The van der Waals surface area contributed by atoms with E-state index >= 15 is 0 Å². The number of hydrogen-bond acceptors (Lipinski definition) is 4. The molecule has 1 aliphatic heterocycles. The number of fused-ring (bicyclic) bond motifs is 1. The zero-order chi connectivity index (χ0) is 18.0. The van der Waals surface area contributed by atoms with Gasteiger partial charge >= 0.3 is 0 Å². The minimum Gasteiger partial charge on any atom is -0.492 e. The molecule has 6 nitrogen and oxygen atoms in total. The Morgan fingerprint density at radius 1 is 1.04 bits per heavy atom. The lowest BCUT2D eigenvalue weighted by Crippen LogP contribution is -2.38. The van der Waals surface area contributed by atoms with Gasteiger partial charge in [-0.2, -0.15) is 0 Å². The third kappa shape index (κ3) is 5.31. The van der Waals surface area contributed by atoms with Crippen molar-refractivity contribution < 1.29 is 14.2 Å². The zero-order valence-corrected chi connectivity index (χ0v) is 15.0. The molecule has 2 aromatic carbocycles. The maximum absolute atomic E-state index is 5.73. The van der Waals surface area contributed by atoms with Crippen molar-refractivity contribution in [3.05, 3.63) is 54.1 Å². The van der Waals surface area contributed by atoms with Crippen molar-refractivity contribution in [3.8, 4) is 17.2 Å². The molecule has 1 aliphatic rings. The van der Waals surface area contributed by atoms with Gasteiger partial charge in [0.15, 0.2) is 17.5 Å². The molecule has 3 rings (SSSR count). The monoisotopic (exact) mass is 355 g/mol. The highest BCUT2D eigenvalue weighted by molar-refractivity contribution is 5.79. The zero-order valence-electron chi connectivity index (χ0n) is 15.0. The third-order valence-corrected chi connectivity index (χ3v) is 3.90. The van der Waals surface area contributed by atoms with E-state index in [0.29, 0.717) is 32.9 Å². The Hall–Kier alpha value is -2.89. The summed E-state index contributed by atoms with van der Waals surface area (Å²) in [5.74, 6) is 3.21. The first-order valence-corrected chi connectivity index (χ1v) is 8.86. The van der Waals surface area contributed by atoms with Crippen molar-refractivity contribution in [2.75, 3.05) is 33.4 Å². The van der Waals surface area contributed by atoms with E-state index in [1.54, 1.807) is 7.05 Å². The van der Waals surface area contributed by atoms with Gasteiger partial charge in [-0.05, 0) is 29.8 Å². The van der Waals surface area contributed by atoms with E-state index in [-0.39, 0.29) is 0 Å². The summed E-state index contributed by atoms with van der Waals surface area (Å²) < 4.78 is 17.0. The number of hydrogen-bond donors (Lipinski definition) is 2. The highest BCUT2D eigenvalue weighted by atomic mass is 16.5. The second-order valence-corrected chi connectivity index (χ2v) is 5.85. The van der Waals surface area contributed by atoms with Crippen LogP contribution in [0.3, 0.4) is 0 Å². The number of nitrogens with one attached hydrogen (secondary N) is 2. The van der Waals surface area contributed by atoms with Crippen molar-refractivity contribution in [1.82, 2.24) is 10.6 Å². The van der Waals surface area contributed by atoms with Crippen molar-refractivity contribution in [2.45, 2.75) is 13.0 Å². The van der Waals surface area contributed by atoms with Gasteiger partial charge in [-0.3, -0.25) is 4.99 Å². The highest BCUT2D eigenvalue weighted by Crippen LogP contribution is 2.30. The van der Waals surface area contributed by atoms with Crippen LogP contribution in [0.2, 0.25) is 0 Å². The molecule has 0 aromatic heterocycles. The molecule has 1 heterocycles. The number of aliphatic imine (C=N–C) groups is 1. The number of para-hydroxylation sites is 1. The van der Waals surface area contributed by atoms with Crippen LogP contribution in [-0.2, 0) is 6.54 Å². The molecule has 6 heteroatoms. The summed E-state index contributed by atoms with van der Waals surface area (Å²) in [6.45, 7) is 3.26. The molecule has 0 radical (unpaired) electrons. The standard InChI is InChI=1S/C20H25N3O3/c1-21-20(22-10-13-24-17-6-3-2-4-7-17)23-15-16-8-9-18-19(14-16)26-12-5-11-25-18/h2-4,6-9,14H,5,10-13,15H2,1H3,(H2,21,22,23). The van der Waals surface area contributed by atoms with Gasteiger partial charge in [-0.1, -0.05) is 24.3 Å². The molecular formula is C20H25N3O3. The van der Waals surface area contributed by atoms with Gasteiger partial charge in [0.05, 0.1) is 19.8 Å². The van der Waals surface area contributed by atoms with Gasteiger partial charge in [0.25, 0.3) is 0 Å². The number of guanidine groups is 1. The summed E-state index contributed by atoms with van der Waals surface area (Å²) >= 11 is 0. The molecule has 0 fully saturated rings. The first-order valence-electron chi connectivity index (χ1n) is 8.86. The maximum Gasteiger partial charge on any atom is 0.191 e. The summed E-state index contributed by atoms with van der Waals surface area (Å²) in [7, 11) is 1.75. The van der Waals surface area contributed by atoms with E-state index in [4.69, 9.17) is 14.2 Å². The van der Waals surface area contributed by atoms with E-state index in [2.05, 4.69) is 15.6 Å². The average Bonchev–Trinajstić information content (AvgIpc) is 2.93. The molecule has 26 heavy (non-hydrogen) atoms. The third-order valence-electron chi connectivity index (χ3n) is 3.90. The fourth-order valence-electron chi connectivity index (χ4n) is 2.58. The smallest absolute Gasteiger partial charge is 0.191 e. The molecule has 138 valence electrons. The minimum atomic E-state index is 0.564. The van der Waals surface area contributed by atoms with Gasteiger partial charge < -0.3 is 24.8 Å². The molecule has 0 saturated heterocycles. The summed E-state index contributed by atoms with van der Waals surface area (Å²) in [6.07, 6.45) is 0.907. The Morgan fingerprint density at radius 2 is 1.85 bits per heavy atom. The van der Waals surface area contributed by atoms with Gasteiger partial charge in [0.1, 0.15) is 12.4 Å². The van der Waals surface area contributed by atoms with Crippen LogP contribution in [0.1, 0.15) is 12.0 Å². The molecule has 0 unspecified atom stereocenters. The Labute approximate surface area is 154 Å². The summed E-state index contributed by atoms with van der Waals surface area (Å²) in [5, 5.41) is 6.53. The Balaban J connectivity index is 1.43. The normalized spacial score (nSPS) is 13.7. The van der Waals surface area contributed by atoms with Crippen LogP contribution in [0, 0.1) is 0 Å². The number of benzene rings is 2. The van der Waals surface area contributed by atoms with E-state index in [9.17, 15) is 0 Å². The van der Waals surface area contributed by atoms with Crippen LogP contribution < -0.4 is 24.8 Å². The highest BCUT2D eigenvalue weighted by Gasteiger charge is 2.10. The molecule has 0 saturated carbocycles. The van der Waals surface area contributed by atoms with E-state index < -0.39 is 0 Å². The molecular weight excluding hydrogens is 330 g/mol. The van der Waals surface area contributed by atoms with Crippen molar-refractivity contribution in [2.24, 2.45) is 4.99 Å². The first kappa shape index (κ1) is 17.9. The second kappa shape index (κ2) is 9.56. The van der Waals surface area contributed by atoms with Crippen LogP contribution in [-0.4, -0.2) is 39.4 Å². The Bertz CT molecular complexity index is 719. The van der Waals surface area contributed by atoms with Crippen LogP contribution >= 0.6 is 0 Å². The van der Waals surface area contributed by atoms with Crippen LogP contribution in [0.5, 0.6) is 17.2 Å². The fraction of sp³-hybridized carbons (Fsp3) is 0.350. The number of nitrogens with zero attached hydrogens (tertiary/aromatic N) is 1. The quantitative estimate of drug-likeness (QED) is 0.474. The SMILES string of the molecule is CN=C(NCCOc1ccccc1)NCc1ccc2c(c1)OCCCO2. The Kier molecular flexibility index (Phi) is 6.59. The van der Waals surface area contributed by atoms with Gasteiger partial charge in [-0.15, -0.1) is 0 Å². The summed E-state index contributed by atoms with van der Waals surface area (Å²) in [4.78, 5) is 4.23. The molecule has 0 spiro atoms. The lowest BCUT2D eigenvalue weighted by atomic mass is 10.2. The summed E-state index contributed by atoms with van der Waals surface area (Å²) in [6, 6.07) is 15.8. The predicted octanol–water partition coefficient (Wildman–Crippen LogP) is 2.59. The molecule has 2 aromatic rings. The maximum atomic E-state index is 5.73. The van der Waals surface area contributed by atoms with Crippen molar-refractivity contribution >= 4 is 5.96 Å². The minimum absolute atomic E-state index is 0.564.